The molecule has 1 N–H and O–H groups in total. The molecule has 1 heterocycles. The summed E-state index contributed by atoms with van der Waals surface area (Å²) in [6.45, 7) is 5.28. The third-order valence-electron chi connectivity index (χ3n) is 4.99. The van der Waals surface area contributed by atoms with Gasteiger partial charge in [0.2, 0.25) is 5.91 Å². The number of rotatable bonds is 4. The van der Waals surface area contributed by atoms with E-state index >= 15 is 0 Å². The largest absolute Gasteiger partial charge is 0.378 e. The van der Waals surface area contributed by atoms with Gasteiger partial charge in [0, 0.05) is 19.6 Å². The first-order valence-corrected chi connectivity index (χ1v) is 8.91. The summed E-state index contributed by atoms with van der Waals surface area (Å²) in [5.41, 5.74) is 3.75. The van der Waals surface area contributed by atoms with Gasteiger partial charge in [-0.25, -0.2) is 4.39 Å². The Kier molecular flexibility index (Phi) is 5.56. The molecule has 1 aliphatic rings. The fourth-order valence-electron chi connectivity index (χ4n) is 3.15. The second kappa shape index (κ2) is 7.88. The second-order valence-electron chi connectivity index (χ2n) is 6.95. The van der Waals surface area contributed by atoms with Crippen LogP contribution in [0.3, 0.4) is 0 Å². The standard InChI is InChI=1S/C21H23FN2O3/c1-14-3-4-16(11-15(14)2)12-23-9-10-24(13-19(23)25)21(27)20(26)17-5-7-18(22)8-6-17/h3-8,11,20,26H,9-10,12-13H2,1-2H3/t20-/m1/s1. The summed E-state index contributed by atoms with van der Waals surface area (Å²) >= 11 is 0. The monoisotopic (exact) mass is 370 g/mol. The predicted octanol–water partition coefficient (Wildman–Crippen LogP) is 2.35. The average molecular weight is 370 g/mol. The van der Waals surface area contributed by atoms with E-state index in [1.54, 1.807) is 4.90 Å². The van der Waals surface area contributed by atoms with E-state index in [4.69, 9.17) is 0 Å². The molecule has 2 amide bonds. The van der Waals surface area contributed by atoms with E-state index in [1.165, 1.54) is 40.3 Å². The van der Waals surface area contributed by atoms with Gasteiger partial charge in [-0.15, -0.1) is 0 Å². The topological polar surface area (TPSA) is 60.9 Å². The van der Waals surface area contributed by atoms with Crippen molar-refractivity contribution >= 4 is 11.8 Å². The van der Waals surface area contributed by atoms with E-state index in [2.05, 4.69) is 6.07 Å². The minimum atomic E-state index is -1.40. The van der Waals surface area contributed by atoms with Gasteiger partial charge in [-0.2, -0.15) is 0 Å². The highest BCUT2D eigenvalue weighted by Crippen LogP contribution is 2.19. The van der Waals surface area contributed by atoms with Gasteiger partial charge >= 0.3 is 0 Å². The smallest absolute Gasteiger partial charge is 0.256 e. The molecule has 6 heteroatoms. The van der Waals surface area contributed by atoms with E-state index in [1.807, 2.05) is 26.0 Å². The Hall–Kier alpha value is -2.73. The number of aryl methyl sites for hydroxylation is 2. The van der Waals surface area contributed by atoms with Gasteiger partial charge < -0.3 is 14.9 Å². The van der Waals surface area contributed by atoms with E-state index in [9.17, 15) is 19.1 Å². The number of piperazine rings is 1. The van der Waals surface area contributed by atoms with Crippen LogP contribution in [0.5, 0.6) is 0 Å². The van der Waals surface area contributed by atoms with E-state index in [-0.39, 0.29) is 12.5 Å². The maximum Gasteiger partial charge on any atom is 0.256 e. The van der Waals surface area contributed by atoms with Crippen LogP contribution in [-0.2, 0) is 16.1 Å². The van der Waals surface area contributed by atoms with Crippen molar-refractivity contribution < 1.29 is 19.1 Å². The Morgan fingerprint density at radius 3 is 2.44 bits per heavy atom. The van der Waals surface area contributed by atoms with Gasteiger partial charge in [0.1, 0.15) is 5.82 Å². The Labute approximate surface area is 158 Å². The number of amides is 2. The Bertz CT molecular complexity index is 851. The van der Waals surface area contributed by atoms with Crippen molar-refractivity contribution in [2.45, 2.75) is 26.5 Å². The average Bonchev–Trinajstić information content (AvgIpc) is 2.66. The summed E-state index contributed by atoms with van der Waals surface area (Å²) in [5, 5.41) is 10.2. The number of halogens is 1. The zero-order valence-corrected chi connectivity index (χ0v) is 15.5. The van der Waals surface area contributed by atoms with Crippen LogP contribution in [0.15, 0.2) is 42.5 Å². The molecule has 3 rings (SSSR count). The highest BCUT2D eigenvalue weighted by molar-refractivity contribution is 5.88. The van der Waals surface area contributed by atoms with Crippen molar-refractivity contribution in [2.75, 3.05) is 19.6 Å². The van der Waals surface area contributed by atoms with Crippen LogP contribution in [0.2, 0.25) is 0 Å². The quantitative estimate of drug-likeness (QED) is 0.899. The summed E-state index contributed by atoms with van der Waals surface area (Å²) in [4.78, 5) is 28.0. The molecular formula is C21H23FN2O3. The Balaban J connectivity index is 1.62. The minimum absolute atomic E-state index is 0.0675. The molecule has 1 atom stereocenters. The lowest BCUT2D eigenvalue weighted by atomic mass is 10.1. The van der Waals surface area contributed by atoms with Crippen LogP contribution in [0.4, 0.5) is 4.39 Å². The summed E-state index contributed by atoms with van der Waals surface area (Å²) in [6.07, 6.45) is -1.40. The molecule has 142 valence electrons. The molecule has 0 spiro atoms. The third kappa shape index (κ3) is 4.34. The predicted molar refractivity (Wildman–Crippen MR) is 99.3 cm³/mol. The van der Waals surface area contributed by atoms with E-state index in [0.29, 0.717) is 25.2 Å². The fourth-order valence-corrected chi connectivity index (χ4v) is 3.15. The van der Waals surface area contributed by atoms with Crippen molar-refractivity contribution in [3.8, 4) is 0 Å². The van der Waals surface area contributed by atoms with Crippen molar-refractivity contribution in [1.29, 1.82) is 0 Å². The van der Waals surface area contributed by atoms with Crippen LogP contribution in [0.25, 0.3) is 0 Å². The van der Waals surface area contributed by atoms with E-state index in [0.717, 1.165) is 5.56 Å². The normalized spacial score (nSPS) is 15.8. The van der Waals surface area contributed by atoms with Gasteiger partial charge in [-0.1, -0.05) is 30.3 Å². The second-order valence-corrected chi connectivity index (χ2v) is 6.95. The first kappa shape index (κ1) is 19.0. The Morgan fingerprint density at radius 1 is 1.11 bits per heavy atom. The maximum absolute atomic E-state index is 13.0. The van der Waals surface area contributed by atoms with Gasteiger partial charge in [-0.05, 0) is 48.2 Å². The lowest BCUT2D eigenvalue weighted by Gasteiger charge is -2.35. The molecule has 2 aromatic rings. The molecule has 2 aromatic carbocycles. The lowest BCUT2D eigenvalue weighted by molar-refractivity contribution is -0.150. The molecule has 0 bridgehead atoms. The van der Waals surface area contributed by atoms with Gasteiger partial charge in [-0.3, -0.25) is 9.59 Å². The fraction of sp³-hybridized carbons (Fsp3) is 0.333. The molecule has 27 heavy (non-hydrogen) atoms. The number of hydrogen-bond acceptors (Lipinski definition) is 3. The third-order valence-corrected chi connectivity index (χ3v) is 4.99. The van der Waals surface area contributed by atoms with Gasteiger partial charge in [0.25, 0.3) is 5.91 Å². The SMILES string of the molecule is Cc1ccc(CN2CCN(C(=O)[C@H](O)c3ccc(F)cc3)CC2=O)cc1C. The summed E-state index contributed by atoms with van der Waals surface area (Å²) in [6, 6.07) is 11.2. The number of aliphatic hydroxyl groups is 1. The minimum Gasteiger partial charge on any atom is -0.378 e. The number of carbonyl (C=O) groups excluding carboxylic acids is 2. The van der Waals surface area contributed by atoms with Crippen LogP contribution in [0, 0.1) is 19.7 Å². The lowest BCUT2D eigenvalue weighted by Crippen LogP contribution is -2.52. The molecular weight excluding hydrogens is 347 g/mol. The molecule has 0 saturated carbocycles. The molecule has 5 nitrogen and oxygen atoms in total. The molecule has 1 saturated heterocycles. The molecule has 0 unspecified atom stereocenters. The zero-order chi connectivity index (χ0) is 19.6. The first-order chi connectivity index (χ1) is 12.8. The Morgan fingerprint density at radius 2 is 1.81 bits per heavy atom. The highest BCUT2D eigenvalue weighted by atomic mass is 19.1. The molecule has 0 radical (unpaired) electrons. The van der Waals surface area contributed by atoms with Gasteiger partial charge in [0.15, 0.2) is 6.10 Å². The van der Waals surface area contributed by atoms with Crippen LogP contribution in [0.1, 0.15) is 28.4 Å². The van der Waals surface area contributed by atoms with Crippen molar-refractivity contribution in [3.63, 3.8) is 0 Å². The number of aliphatic hydroxyl groups excluding tert-OH is 1. The van der Waals surface area contributed by atoms with Crippen molar-refractivity contribution in [3.05, 3.63) is 70.5 Å². The van der Waals surface area contributed by atoms with E-state index < -0.39 is 17.8 Å². The summed E-state index contributed by atoms with van der Waals surface area (Å²) in [5.74, 6) is -1.13. The number of benzene rings is 2. The number of hydrogen-bond donors (Lipinski definition) is 1. The molecule has 1 aliphatic heterocycles. The van der Waals surface area contributed by atoms with Gasteiger partial charge in [0.05, 0.1) is 6.54 Å². The highest BCUT2D eigenvalue weighted by Gasteiger charge is 2.31. The van der Waals surface area contributed by atoms with Crippen LogP contribution < -0.4 is 0 Å². The first-order valence-electron chi connectivity index (χ1n) is 8.91. The van der Waals surface area contributed by atoms with Crippen molar-refractivity contribution in [2.24, 2.45) is 0 Å². The van der Waals surface area contributed by atoms with Crippen LogP contribution >= 0.6 is 0 Å². The molecule has 1 fully saturated rings. The van der Waals surface area contributed by atoms with Crippen LogP contribution in [-0.4, -0.2) is 46.4 Å². The molecule has 0 aliphatic carbocycles. The molecule has 0 aromatic heterocycles. The summed E-state index contributed by atoms with van der Waals surface area (Å²) < 4.78 is 13.0. The zero-order valence-electron chi connectivity index (χ0n) is 15.5. The number of carbonyl (C=O) groups is 2. The van der Waals surface area contributed by atoms with Crippen molar-refractivity contribution in [1.82, 2.24) is 9.80 Å². The number of nitrogens with zero attached hydrogens (tertiary/aromatic N) is 2. The maximum atomic E-state index is 13.0. The summed E-state index contributed by atoms with van der Waals surface area (Å²) in [7, 11) is 0.